The third-order valence-electron chi connectivity index (χ3n) is 2.49. The predicted octanol–water partition coefficient (Wildman–Crippen LogP) is 4.73. The molecule has 2 rings (SSSR count). The molecule has 0 fully saturated rings. The van der Waals surface area contributed by atoms with Crippen molar-refractivity contribution in [2.75, 3.05) is 0 Å². The van der Waals surface area contributed by atoms with Crippen molar-refractivity contribution in [2.24, 2.45) is 0 Å². The van der Waals surface area contributed by atoms with E-state index in [1.54, 1.807) is 25.1 Å². The maximum Gasteiger partial charge on any atom is 0.194 e. The van der Waals surface area contributed by atoms with Crippen LogP contribution in [0.15, 0.2) is 30.3 Å². The largest absolute Gasteiger partial charge is 0.204 e. The van der Waals surface area contributed by atoms with Gasteiger partial charge in [0.15, 0.2) is 17.5 Å². The smallest absolute Gasteiger partial charge is 0.194 e. The Bertz CT molecular complexity index is 536. The first-order chi connectivity index (χ1) is 8.00. The predicted molar refractivity (Wildman–Crippen MR) is 61.5 cm³/mol. The second kappa shape index (κ2) is 4.41. The molecule has 0 radical (unpaired) electrons. The van der Waals surface area contributed by atoms with Gasteiger partial charge >= 0.3 is 0 Å². The zero-order chi connectivity index (χ0) is 12.6. The van der Waals surface area contributed by atoms with Gasteiger partial charge in [-0.25, -0.2) is 13.2 Å². The first kappa shape index (κ1) is 12.0. The monoisotopic (exact) mass is 256 g/mol. The van der Waals surface area contributed by atoms with Gasteiger partial charge in [0.2, 0.25) is 0 Å². The van der Waals surface area contributed by atoms with Crippen LogP contribution in [-0.2, 0) is 0 Å². The van der Waals surface area contributed by atoms with Crippen LogP contribution < -0.4 is 0 Å². The summed E-state index contributed by atoms with van der Waals surface area (Å²) in [6, 6.07) is 6.99. The Balaban J connectivity index is 2.69. The van der Waals surface area contributed by atoms with Crippen LogP contribution in [0.2, 0.25) is 5.02 Å². The van der Waals surface area contributed by atoms with E-state index >= 15 is 0 Å². The van der Waals surface area contributed by atoms with Crippen LogP contribution >= 0.6 is 11.6 Å². The summed E-state index contributed by atoms with van der Waals surface area (Å²) in [4.78, 5) is 0. The number of aryl methyl sites for hydroxylation is 1. The van der Waals surface area contributed by atoms with Gasteiger partial charge in [0, 0.05) is 10.6 Å². The fourth-order valence-electron chi connectivity index (χ4n) is 1.70. The van der Waals surface area contributed by atoms with E-state index in [1.807, 2.05) is 0 Å². The summed E-state index contributed by atoms with van der Waals surface area (Å²) in [5.41, 5.74) is 1.50. The van der Waals surface area contributed by atoms with Gasteiger partial charge in [0.1, 0.15) is 0 Å². The summed E-state index contributed by atoms with van der Waals surface area (Å²) in [7, 11) is 0. The molecule has 88 valence electrons. The molecule has 0 aromatic heterocycles. The first-order valence-electron chi connectivity index (χ1n) is 4.90. The van der Waals surface area contributed by atoms with Crippen LogP contribution in [0.5, 0.6) is 0 Å². The zero-order valence-electron chi connectivity index (χ0n) is 8.90. The quantitative estimate of drug-likeness (QED) is 0.647. The highest BCUT2D eigenvalue weighted by molar-refractivity contribution is 6.33. The van der Waals surface area contributed by atoms with Gasteiger partial charge in [-0.1, -0.05) is 23.7 Å². The molecule has 0 unspecified atom stereocenters. The maximum absolute atomic E-state index is 13.1. The second-order valence-corrected chi connectivity index (χ2v) is 4.09. The Labute approximate surface area is 102 Å². The van der Waals surface area contributed by atoms with E-state index < -0.39 is 17.5 Å². The summed E-state index contributed by atoms with van der Waals surface area (Å²) in [6.07, 6.45) is 0. The van der Waals surface area contributed by atoms with E-state index in [2.05, 4.69) is 0 Å². The lowest BCUT2D eigenvalue weighted by Gasteiger charge is -2.09. The van der Waals surface area contributed by atoms with E-state index in [0.717, 1.165) is 17.7 Å². The van der Waals surface area contributed by atoms with Gasteiger partial charge in [-0.05, 0) is 36.2 Å². The Morgan fingerprint density at radius 3 is 2.12 bits per heavy atom. The van der Waals surface area contributed by atoms with E-state index in [9.17, 15) is 13.2 Å². The standard InChI is InChI=1S/C13H8ClF3/c1-7-3-2-4-9(14)12(7)8-5-10(15)13(17)11(16)6-8/h2-6H,1H3. The Kier molecular flexibility index (Phi) is 3.11. The molecule has 0 N–H and O–H groups in total. The SMILES string of the molecule is Cc1cccc(Cl)c1-c1cc(F)c(F)c(F)c1. The van der Waals surface area contributed by atoms with E-state index in [-0.39, 0.29) is 5.56 Å². The van der Waals surface area contributed by atoms with Crippen molar-refractivity contribution in [3.8, 4) is 11.1 Å². The third kappa shape index (κ3) is 2.15. The number of hydrogen-bond acceptors (Lipinski definition) is 0. The molecule has 17 heavy (non-hydrogen) atoms. The minimum absolute atomic E-state index is 0.226. The van der Waals surface area contributed by atoms with Crippen molar-refractivity contribution in [3.05, 3.63) is 58.4 Å². The Morgan fingerprint density at radius 2 is 1.59 bits per heavy atom. The Hall–Kier alpha value is -1.48. The van der Waals surface area contributed by atoms with Crippen LogP contribution in [0.3, 0.4) is 0 Å². The fourth-order valence-corrected chi connectivity index (χ4v) is 2.03. The first-order valence-corrected chi connectivity index (χ1v) is 5.28. The summed E-state index contributed by atoms with van der Waals surface area (Å²) in [5, 5.41) is 0.371. The topological polar surface area (TPSA) is 0 Å². The van der Waals surface area contributed by atoms with Crippen molar-refractivity contribution >= 4 is 11.6 Å². The van der Waals surface area contributed by atoms with Gasteiger partial charge < -0.3 is 0 Å². The summed E-state index contributed by atoms with van der Waals surface area (Å²) in [6.45, 7) is 1.76. The average molecular weight is 257 g/mol. The lowest BCUT2D eigenvalue weighted by atomic mass is 10.0. The number of benzene rings is 2. The molecule has 0 spiro atoms. The van der Waals surface area contributed by atoms with Crippen LogP contribution in [0.25, 0.3) is 11.1 Å². The van der Waals surface area contributed by atoms with E-state index in [1.165, 1.54) is 0 Å². The molecular formula is C13H8ClF3. The van der Waals surface area contributed by atoms with E-state index in [4.69, 9.17) is 11.6 Å². The molecule has 0 saturated carbocycles. The molecule has 4 heteroatoms. The number of rotatable bonds is 1. The van der Waals surface area contributed by atoms with Crippen LogP contribution in [0.1, 0.15) is 5.56 Å². The number of hydrogen-bond donors (Lipinski definition) is 0. The van der Waals surface area contributed by atoms with Crippen LogP contribution in [-0.4, -0.2) is 0 Å². The minimum Gasteiger partial charge on any atom is -0.204 e. The van der Waals surface area contributed by atoms with Crippen molar-refractivity contribution in [1.29, 1.82) is 0 Å². The van der Waals surface area contributed by atoms with Gasteiger partial charge in [0.05, 0.1) is 0 Å². The molecule has 0 aliphatic heterocycles. The van der Waals surface area contributed by atoms with Crippen molar-refractivity contribution in [3.63, 3.8) is 0 Å². The van der Waals surface area contributed by atoms with Gasteiger partial charge in [-0.2, -0.15) is 0 Å². The zero-order valence-corrected chi connectivity index (χ0v) is 9.65. The van der Waals surface area contributed by atoms with Crippen molar-refractivity contribution in [1.82, 2.24) is 0 Å². The highest BCUT2D eigenvalue weighted by Crippen LogP contribution is 2.32. The van der Waals surface area contributed by atoms with Crippen molar-refractivity contribution < 1.29 is 13.2 Å². The van der Waals surface area contributed by atoms with Gasteiger partial charge in [-0.3, -0.25) is 0 Å². The normalized spacial score (nSPS) is 10.6. The highest BCUT2D eigenvalue weighted by atomic mass is 35.5. The lowest BCUT2D eigenvalue weighted by molar-refractivity contribution is 0.447. The molecule has 0 heterocycles. The van der Waals surface area contributed by atoms with E-state index in [0.29, 0.717) is 10.6 Å². The van der Waals surface area contributed by atoms with Gasteiger partial charge in [-0.15, -0.1) is 0 Å². The molecule has 0 aliphatic carbocycles. The summed E-state index contributed by atoms with van der Waals surface area (Å²) >= 11 is 5.97. The summed E-state index contributed by atoms with van der Waals surface area (Å²) in [5.74, 6) is -3.92. The molecule has 0 atom stereocenters. The third-order valence-corrected chi connectivity index (χ3v) is 2.81. The fraction of sp³-hybridized carbons (Fsp3) is 0.0769. The summed E-state index contributed by atoms with van der Waals surface area (Å²) < 4.78 is 39.1. The molecule has 0 amide bonds. The maximum atomic E-state index is 13.1. The lowest BCUT2D eigenvalue weighted by Crippen LogP contribution is -1.93. The molecule has 2 aromatic carbocycles. The molecule has 2 aromatic rings. The van der Waals surface area contributed by atoms with Gasteiger partial charge in [0.25, 0.3) is 0 Å². The molecule has 0 bridgehead atoms. The van der Waals surface area contributed by atoms with Crippen LogP contribution in [0.4, 0.5) is 13.2 Å². The van der Waals surface area contributed by atoms with Crippen LogP contribution in [0, 0.1) is 24.4 Å². The molecule has 0 nitrogen and oxygen atoms in total. The Morgan fingerprint density at radius 1 is 1.00 bits per heavy atom. The molecule has 0 aliphatic rings. The highest BCUT2D eigenvalue weighted by Gasteiger charge is 2.14. The minimum atomic E-state index is -1.47. The average Bonchev–Trinajstić information content (AvgIpc) is 2.25. The molecular weight excluding hydrogens is 249 g/mol. The molecule has 0 saturated heterocycles. The van der Waals surface area contributed by atoms with Crippen molar-refractivity contribution in [2.45, 2.75) is 6.92 Å². The second-order valence-electron chi connectivity index (χ2n) is 3.69. The number of halogens is 4.